The second kappa shape index (κ2) is 5.61. The Bertz CT molecular complexity index is 522. The van der Waals surface area contributed by atoms with E-state index in [1.807, 2.05) is 6.92 Å². The fourth-order valence-corrected chi connectivity index (χ4v) is 2.56. The quantitative estimate of drug-likeness (QED) is 0.865. The molecule has 1 aromatic heterocycles. The predicted octanol–water partition coefficient (Wildman–Crippen LogP) is 2.38. The Hall–Kier alpha value is -1.56. The molecule has 1 aliphatic heterocycles. The minimum absolute atomic E-state index is 0.0207. The Labute approximate surface area is 119 Å². The molecule has 1 saturated heterocycles. The molecule has 1 aliphatic rings. The minimum atomic E-state index is -0.951. The van der Waals surface area contributed by atoms with Crippen LogP contribution in [0.3, 0.4) is 0 Å². The molecular formula is C13H14BrNO4. The standard InChI is InChI=1S/C13H14BrNO4/c1-8-6-7-15(12(8)13(17)18)11(16)5-3-9-2-4-10(14)19-9/h2-5,8,12H,6-7H2,1H3,(H,17,18)/b5-3+. The molecule has 2 heterocycles. The first-order chi connectivity index (χ1) is 8.99. The molecule has 0 aliphatic carbocycles. The largest absolute Gasteiger partial charge is 0.480 e. The molecule has 0 saturated carbocycles. The van der Waals surface area contributed by atoms with E-state index >= 15 is 0 Å². The monoisotopic (exact) mass is 327 g/mol. The summed E-state index contributed by atoms with van der Waals surface area (Å²) in [7, 11) is 0. The summed E-state index contributed by atoms with van der Waals surface area (Å²) in [5, 5.41) is 9.15. The Morgan fingerprint density at radius 2 is 2.26 bits per heavy atom. The van der Waals surface area contributed by atoms with Gasteiger partial charge in [0.1, 0.15) is 11.8 Å². The van der Waals surface area contributed by atoms with Crippen molar-refractivity contribution in [2.75, 3.05) is 6.54 Å². The van der Waals surface area contributed by atoms with Crippen LogP contribution in [0.15, 0.2) is 27.3 Å². The van der Waals surface area contributed by atoms with Gasteiger partial charge in [-0.05, 0) is 46.5 Å². The number of halogens is 1. The lowest BCUT2D eigenvalue weighted by molar-refractivity contribution is -0.147. The zero-order chi connectivity index (χ0) is 14.0. The van der Waals surface area contributed by atoms with Gasteiger partial charge in [-0.1, -0.05) is 6.92 Å². The van der Waals surface area contributed by atoms with Crippen LogP contribution in [0, 0.1) is 5.92 Å². The van der Waals surface area contributed by atoms with Crippen molar-refractivity contribution in [3.8, 4) is 0 Å². The predicted molar refractivity (Wildman–Crippen MR) is 72.4 cm³/mol. The van der Waals surface area contributed by atoms with Crippen LogP contribution in [0.4, 0.5) is 0 Å². The Kier molecular flexibility index (Phi) is 4.09. The lowest BCUT2D eigenvalue weighted by Crippen LogP contribution is -2.42. The molecule has 1 fully saturated rings. The van der Waals surface area contributed by atoms with E-state index in [0.717, 1.165) is 0 Å². The maximum absolute atomic E-state index is 12.0. The number of furan rings is 1. The number of likely N-dealkylation sites (tertiary alicyclic amines) is 1. The fourth-order valence-electron chi connectivity index (χ4n) is 2.24. The van der Waals surface area contributed by atoms with E-state index in [1.54, 1.807) is 12.1 Å². The molecule has 102 valence electrons. The number of aliphatic carboxylic acids is 1. The third kappa shape index (κ3) is 3.07. The summed E-state index contributed by atoms with van der Waals surface area (Å²) in [4.78, 5) is 24.6. The van der Waals surface area contributed by atoms with Gasteiger partial charge in [0, 0.05) is 12.6 Å². The van der Waals surface area contributed by atoms with Crippen molar-refractivity contribution < 1.29 is 19.1 Å². The lowest BCUT2D eigenvalue weighted by Gasteiger charge is -2.21. The highest BCUT2D eigenvalue weighted by atomic mass is 79.9. The van der Waals surface area contributed by atoms with Crippen molar-refractivity contribution in [3.05, 3.63) is 28.6 Å². The van der Waals surface area contributed by atoms with Crippen LogP contribution >= 0.6 is 15.9 Å². The second-order valence-electron chi connectivity index (χ2n) is 4.56. The van der Waals surface area contributed by atoms with Crippen molar-refractivity contribution in [2.45, 2.75) is 19.4 Å². The number of carbonyl (C=O) groups excluding carboxylic acids is 1. The van der Waals surface area contributed by atoms with E-state index in [4.69, 9.17) is 9.52 Å². The first kappa shape index (κ1) is 13.9. The molecular weight excluding hydrogens is 314 g/mol. The Morgan fingerprint density at radius 3 is 2.84 bits per heavy atom. The van der Waals surface area contributed by atoms with Crippen LogP contribution < -0.4 is 0 Å². The zero-order valence-corrected chi connectivity index (χ0v) is 12.0. The van der Waals surface area contributed by atoms with Gasteiger partial charge >= 0.3 is 5.97 Å². The third-order valence-electron chi connectivity index (χ3n) is 3.22. The maximum atomic E-state index is 12.0. The van der Waals surface area contributed by atoms with Gasteiger partial charge in [0.05, 0.1) is 0 Å². The molecule has 19 heavy (non-hydrogen) atoms. The number of carbonyl (C=O) groups is 2. The zero-order valence-electron chi connectivity index (χ0n) is 10.4. The van der Waals surface area contributed by atoms with E-state index in [1.165, 1.54) is 17.1 Å². The van der Waals surface area contributed by atoms with Crippen LogP contribution in [0.2, 0.25) is 0 Å². The number of hydrogen-bond acceptors (Lipinski definition) is 3. The van der Waals surface area contributed by atoms with E-state index in [0.29, 0.717) is 23.4 Å². The molecule has 0 spiro atoms. The summed E-state index contributed by atoms with van der Waals surface area (Å²) in [6.45, 7) is 2.32. The lowest BCUT2D eigenvalue weighted by atomic mass is 10.0. The molecule has 5 nitrogen and oxygen atoms in total. The summed E-state index contributed by atoms with van der Waals surface area (Å²) in [6.07, 6.45) is 3.59. The Morgan fingerprint density at radius 1 is 1.53 bits per heavy atom. The van der Waals surface area contributed by atoms with Crippen LogP contribution in [0.1, 0.15) is 19.1 Å². The average Bonchev–Trinajstić information content (AvgIpc) is 2.92. The number of amides is 1. The molecule has 6 heteroatoms. The summed E-state index contributed by atoms with van der Waals surface area (Å²) >= 11 is 3.17. The van der Waals surface area contributed by atoms with Crippen molar-refractivity contribution in [3.63, 3.8) is 0 Å². The SMILES string of the molecule is CC1CCN(C(=O)/C=C/c2ccc(Br)o2)C1C(=O)O. The summed E-state index contributed by atoms with van der Waals surface area (Å²) in [6, 6.07) is 2.71. The molecule has 0 radical (unpaired) electrons. The summed E-state index contributed by atoms with van der Waals surface area (Å²) in [5.74, 6) is -0.733. The molecule has 1 aromatic rings. The van der Waals surface area contributed by atoms with E-state index in [-0.39, 0.29) is 11.8 Å². The van der Waals surface area contributed by atoms with E-state index in [9.17, 15) is 9.59 Å². The smallest absolute Gasteiger partial charge is 0.326 e. The van der Waals surface area contributed by atoms with Crippen LogP contribution in [0.5, 0.6) is 0 Å². The van der Waals surface area contributed by atoms with Gasteiger partial charge < -0.3 is 14.4 Å². The highest BCUT2D eigenvalue weighted by Crippen LogP contribution is 2.24. The second-order valence-corrected chi connectivity index (χ2v) is 5.34. The number of nitrogens with zero attached hydrogens (tertiary/aromatic N) is 1. The molecule has 0 bridgehead atoms. The van der Waals surface area contributed by atoms with Crippen molar-refractivity contribution in [2.24, 2.45) is 5.92 Å². The van der Waals surface area contributed by atoms with Gasteiger partial charge in [-0.3, -0.25) is 4.79 Å². The number of hydrogen-bond donors (Lipinski definition) is 1. The Balaban J connectivity index is 2.07. The van der Waals surface area contributed by atoms with Gasteiger partial charge in [-0.15, -0.1) is 0 Å². The van der Waals surface area contributed by atoms with Gasteiger partial charge in [-0.25, -0.2) is 4.79 Å². The molecule has 2 atom stereocenters. The van der Waals surface area contributed by atoms with Crippen LogP contribution in [-0.2, 0) is 9.59 Å². The summed E-state index contributed by atoms with van der Waals surface area (Å²) in [5.41, 5.74) is 0. The van der Waals surface area contributed by atoms with Crippen molar-refractivity contribution >= 4 is 33.9 Å². The van der Waals surface area contributed by atoms with Crippen molar-refractivity contribution in [1.82, 2.24) is 4.90 Å². The molecule has 2 rings (SSSR count). The van der Waals surface area contributed by atoms with Crippen molar-refractivity contribution in [1.29, 1.82) is 0 Å². The fraction of sp³-hybridized carbons (Fsp3) is 0.385. The normalized spacial score (nSPS) is 23.2. The van der Waals surface area contributed by atoms with Gasteiger partial charge in [0.25, 0.3) is 0 Å². The highest BCUT2D eigenvalue weighted by Gasteiger charge is 2.38. The molecule has 2 unspecified atom stereocenters. The van der Waals surface area contributed by atoms with E-state index in [2.05, 4.69) is 15.9 Å². The third-order valence-corrected chi connectivity index (χ3v) is 3.65. The molecule has 1 amide bonds. The average molecular weight is 328 g/mol. The molecule has 1 N–H and O–H groups in total. The van der Waals surface area contributed by atoms with E-state index < -0.39 is 12.0 Å². The van der Waals surface area contributed by atoms with Crippen LogP contribution in [0.25, 0.3) is 6.08 Å². The number of carboxylic acid groups (broad SMARTS) is 1. The van der Waals surface area contributed by atoms with Gasteiger partial charge in [-0.2, -0.15) is 0 Å². The molecule has 0 aromatic carbocycles. The number of rotatable bonds is 3. The van der Waals surface area contributed by atoms with Crippen LogP contribution in [-0.4, -0.2) is 34.5 Å². The summed E-state index contributed by atoms with van der Waals surface area (Å²) < 4.78 is 5.82. The highest BCUT2D eigenvalue weighted by molar-refractivity contribution is 9.10. The first-order valence-electron chi connectivity index (χ1n) is 5.96. The topological polar surface area (TPSA) is 70.8 Å². The first-order valence-corrected chi connectivity index (χ1v) is 6.75. The maximum Gasteiger partial charge on any atom is 0.326 e. The van der Waals surface area contributed by atoms with Gasteiger partial charge in [0.15, 0.2) is 4.67 Å². The minimum Gasteiger partial charge on any atom is -0.480 e. The number of carboxylic acids is 1. The van der Waals surface area contributed by atoms with Gasteiger partial charge in [0.2, 0.25) is 5.91 Å².